The number of carbonyl (C=O) groups is 2. The first-order valence-corrected chi connectivity index (χ1v) is 6.26. The summed E-state index contributed by atoms with van der Waals surface area (Å²) in [6.45, 7) is 5.16. The summed E-state index contributed by atoms with van der Waals surface area (Å²) < 4.78 is 5.10. The van der Waals surface area contributed by atoms with Crippen molar-refractivity contribution in [2.45, 2.75) is 32.4 Å². The van der Waals surface area contributed by atoms with Crippen molar-refractivity contribution in [2.75, 3.05) is 5.32 Å². The first-order valence-electron chi connectivity index (χ1n) is 5.88. The van der Waals surface area contributed by atoms with Crippen molar-refractivity contribution < 1.29 is 19.4 Å². The summed E-state index contributed by atoms with van der Waals surface area (Å²) in [6.07, 6.45) is -0.696. The molecule has 20 heavy (non-hydrogen) atoms. The monoisotopic (exact) mass is 300 g/mol. The summed E-state index contributed by atoms with van der Waals surface area (Å²) >= 11 is 5.82. The van der Waals surface area contributed by atoms with E-state index in [0.717, 1.165) is 0 Å². The topological polar surface area (TPSA) is 102 Å². The molecule has 0 saturated heterocycles. The van der Waals surface area contributed by atoms with Gasteiger partial charge in [0.25, 0.3) is 0 Å². The summed E-state index contributed by atoms with van der Waals surface area (Å²) in [5, 5.41) is 11.8. The fourth-order valence-corrected chi connectivity index (χ4v) is 1.63. The highest BCUT2D eigenvalue weighted by atomic mass is 35.5. The zero-order valence-corrected chi connectivity index (χ0v) is 12.2. The lowest BCUT2D eigenvalue weighted by Gasteiger charge is -2.21. The van der Waals surface area contributed by atoms with Gasteiger partial charge in [0, 0.05) is 16.3 Å². The normalized spacial score (nSPS) is 12.7. The number of ether oxygens (including phenoxy) is 1. The maximum absolute atomic E-state index is 11.7. The highest BCUT2D eigenvalue weighted by Gasteiger charge is 2.22. The van der Waals surface area contributed by atoms with Gasteiger partial charge in [-0.3, -0.25) is 10.1 Å². The van der Waals surface area contributed by atoms with Gasteiger partial charge in [-0.1, -0.05) is 11.6 Å². The van der Waals surface area contributed by atoms with E-state index in [-0.39, 0.29) is 11.3 Å². The van der Waals surface area contributed by atoms with Crippen LogP contribution in [0.3, 0.4) is 0 Å². The number of anilines is 1. The van der Waals surface area contributed by atoms with Gasteiger partial charge in [0.1, 0.15) is 11.6 Å². The number of nitrogens with one attached hydrogen (secondary N) is 1. The Kier molecular flexibility index (Phi) is 4.97. The number of aliphatic carboxylic acids is 1. The molecule has 0 aliphatic carbocycles. The zero-order valence-electron chi connectivity index (χ0n) is 11.4. The molecule has 0 aliphatic heterocycles. The maximum atomic E-state index is 11.7. The van der Waals surface area contributed by atoms with Crippen LogP contribution in [0.5, 0.6) is 0 Å². The largest absolute Gasteiger partial charge is 0.480 e. The van der Waals surface area contributed by atoms with Gasteiger partial charge in [0.15, 0.2) is 0 Å². The van der Waals surface area contributed by atoms with Gasteiger partial charge in [-0.25, -0.2) is 4.79 Å². The summed E-state index contributed by atoms with van der Waals surface area (Å²) in [4.78, 5) is 22.7. The third-order valence-corrected chi connectivity index (χ3v) is 2.49. The van der Waals surface area contributed by atoms with E-state index in [1.165, 1.54) is 18.2 Å². The van der Waals surface area contributed by atoms with Crippen LogP contribution in [0.25, 0.3) is 0 Å². The van der Waals surface area contributed by atoms with E-state index in [0.29, 0.717) is 5.02 Å². The van der Waals surface area contributed by atoms with Crippen molar-refractivity contribution in [3.05, 3.63) is 28.8 Å². The summed E-state index contributed by atoms with van der Waals surface area (Å²) in [5.74, 6) is -1.22. The summed E-state index contributed by atoms with van der Waals surface area (Å²) in [6, 6.07) is 3.10. The number of rotatable bonds is 3. The highest BCUT2D eigenvalue weighted by Crippen LogP contribution is 2.26. The van der Waals surface area contributed by atoms with Crippen LogP contribution in [0.2, 0.25) is 5.02 Å². The third kappa shape index (κ3) is 4.71. The fraction of sp³-hybridized carbons (Fsp3) is 0.385. The molecule has 7 heteroatoms. The number of hydrogen-bond acceptors (Lipinski definition) is 4. The number of benzene rings is 1. The second kappa shape index (κ2) is 6.11. The van der Waals surface area contributed by atoms with Crippen molar-refractivity contribution in [3.8, 4) is 0 Å². The van der Waals surface area contributed by atoms with E-state index in [4.69, 9.17) is 27.2 Å². The van der Waals surface area contributed by atoms with Gasteiger partial charge in [-0.15, -0.1) is 0 Å². The molecular weight excluding hydrogens is 284 g/mol. The average molecular weight is 301 g/mol. The van der Waals surface area contributed by atoms with E-state index in [9.17, 15) is 9.59 Å². The second-order valence-corrected chi connectivity index (χ2v) is 5.61. The van der Waals surface area contributed by atoms with Gasteiger partial charge in [-0.05, 0) is 39.0 Å². The van der Waals surface area contributed by atoms with Gasteiger partial charge < -0.3 is 15.6 Å². The molecule has 1 amide bonds. The van der Waals surface area contributed by atoms with Crippen LogP contribution in [-0.4, -0.2) is 22.8 Å². The quantitative estimate of drug-likeness (QED) is 0.796. The molecule has 0 aromatic heterocycles. The number of halogens is 1. The Labute approximate surface area is 121 Å². The number of carbonyl (C=O) groups excluding carboxylic acids is 1. The molecule has 1 aromatic carbocycles. The number of amides is 1. The Morgan fingerprint density at radius 1 is 1.40 bits per heavy atom. The van der Waals surface area contributed by atoms with Crippen molar-refractivity contribution >= 4 is 29.4 Å². The van der Waals surface area contributed by atoms with Crippen LogP contribution in [0.15, 0.2) is 18.2 Å². The van der Waals surface area contributed by atoms with Crippen LogP contribution in [-0.2, 0) is 9.53 Å². The van der Waals surface area contributed by atoms with E-state index in [2.05, 4.69) is 5.32 Å². The van der Waals surface area contributed by atoms with Crippen molar-refractivity contribution in [1.29, 1.82) is 0 Å². The van der Waals surface area contributed by atoms with E-state index in [1.54, 1.807) is 20.8 Å². The smallest absolute Gasteiger partial charge is 0.412 e. The first kappa shape index (κ1) is 16.3. The molecule has 0 saturated carbocycles. The van der Waals surface area contributed by atoms with Crippen molar-refractivity contribution in [1.82, 2.24) is 0 Å². The number of carboxylic acid groups (broad SMARTS) is 1. The first-order chi connectivity index (χ1) is 9.10. The molecule has 4 N–H and O–H groups in total. The number of carboxylic acids is 1. The van der Waals surface area contributed by atoms with Crippen LogP contribution >= 0.6 is 11.6 Å². The van der Waals surface area contributed by atoms with Gasteiger partial charge in [0.05, 0.1) is 0 Å². The maximum Gasteiger partial charge on any atom is 0.412 e. The second-order valence-electron chi connectivity index (χ2n) is 5.17. The highest BCUT2D eigenvalue weighted by molar-refractivity contribution is 6.30. The van der Waals surface area contributed by atoms with Crippen LogP contribution < -0.4 is 11.1 Å². The molecule has 1 atom stereocenters. The lowest BCUT2D eigenvalue weighted by Crippen LogP contribution is -2.28. The number of nitrogens with two attached hydrogens (primary N) is 1. The Balaban J connectivity index is 3.00. The van der Waals surface area contributed by atoms with Crippen molar-refractivity contribution in [2.24, 2.45) is 5.73 Å². The molecule has 1 unspecified atom stereocenters. The Morgan fingerprint density at radius 3 is 2.50 bits per heavy atom. The minimum atomic E-state index is -1.29. The van der Waals surface area contributed by atoms with Gasteiger partial charge in [0.2, 0.25) is 0 Å². The standard InChI is InChI=1S/C13H17ClN2O4/c1-13(2,3)20-12(19)16-9-5-4-7(14)6-8(9)10(15)11(17)18/h4-6,10H,15H2,1-3H3,(H,16,19)(H,17,18). The molecule has 6 nitrogen and oxygen atoms in total. The van der Waals surface area contributed by atoms with Crippen LogP contribution in [0, 0.1) is 0 Å². The minimum Gasteiger partial charge on any atom is -0.480 e. The molecule has 0 aliphatic rings. The molecule has 110 valence electrons. The van der Waals surface area contributed by atoms with E-state index < -0.39 is 23.7 Å². The Morgan fingerprint density at radius 2 is 2.00 bits per heavy atom. The Hall–Kier alpha value is -1.79. The third-order valence-electron chi connectivity index (χ3n) is 2.25. The lowest BCUT2D eigenvalue weighted by molar-refractivity contribution is -0.138. The molecule has 0 bridgehead atoms. The lowest BCUT2D eigenvalue weighted by atomic mass is 10.1. The molecule has 0 fully saturated rings. The summed E-state index contributed by atoms with van der Waals surface area (Å²) in [7, 11) is 0. The minimum absolute atomic E-state index is 0.204. The number of hydrogen-bond donors (Lipinski definition) is 3. The van der Waals surface area contributed by atoms with Crippen LogP contribution in [0.1, 0.15) is 32.4 Å². The Bertz CT molecular complexity index is 526. The SMILES string of the molecule is CC(C)(C)OC(=O)Nc1ccc(Cl)cc1C(N)C(=O)O. The van der Waals surface area contributed by atoms with Gasteiger partial charge >= 0.3 is 12.1 Å². The molecule has 0 radical (unpaired) electrons. The fourth-order valence-electron chi connectivity index (χ4n) is 1.45. The molecular formula is C13H17ClN2O4. The van der Waals surface area contributed by atoms with Crippen LogP contribution in [0.4, 0.5) is 10.5 Å². The molecule has 1 aromatic rings. The van der Waals surface area contributed by atoms with Gasteiger partial charge in [-0.2, -0.15) is 0 Å². The van der Waals surface area contributed by atoms with Crippen molar-refractivity contribution in [3.63, 3.8) is 0 Å². The summed E-state index contributed by atoms with van der Waals surface area (Å²) in [5.41, 5.74) is 5.35. The molecule has 1 rings (SSSR count). The predicted octanol–water partition coefficient (Wildman–Crippen LogP) is 2.77. The van der Waals surface area contributed by atoms with E-state index >= 15 is 0 Å². The molecule has 0 spiro atoms. The van der Waals surface area contributed by atoms with E-state index in [1.807, 2.05) is 0 Å². The molecule has 0 heterocycles. The average Bonchev–Trinajstić information content (AvgIpc) is 2.27. The zero-order chi connectivity index (χ0) is 15.5. The predicted molar refractivity (Wildman–Crippen MR) is 75.9 cm³/mol.